The van der Waals surface area contributed by atoms with Gasteiger partial charge in [0, 0.05) is 0 Å². The van der Waals surface area contributed by atoms with E-state index in [0.29, 0.717) is 6.61 Å². The highest BCUT2D eigenvalue weighted by Gasteiger charge is 2.13. The third-order valence-corrected chi connectivity index (χ3v) is 2.08. The molecule has 1 aromatic heterocycles. The molecular formula is C10H11Cl2NO2. The number of aromatic nitrogens is 1. The zero-order valence-electron chi connectivity index (χ0n) is 8.46. The maximum Gasteiger partial charge on any atom is 0.341 e. The van der Waals surface area contributed by atoms with Gasteiger partial charge in [-0.25, -0.2) is 9.78 Å². The number of pyridine rings is 1. The Balaban J connectivity index is 2.74. The molecule has 0 spiro atoms. The maximum absolute atomic E-state index is 11.5. The van der Waals surface area contributed by atoms with Crippen molar-refractivity contribution in [3.05, 3.63) is 28.0 Å². The molecule has 0 amide bonds. The molecule has 15 heavy (non-hydrogen) atoms. The first-order chi connectivity index (χ1) is 7.00. The van der Waals surface area contributed by atoms with Gasteiger partial charge < -0.3 is 4.74 Å². The van der Waals surface area contributed by atoms with Gasteiger partial charge in [0.1, 0.15) is 10.3 Å². The third-order valence-electron chi connectivity index (χ3n) is 1.58. The molecule has 0 saturated heterocycles. The summed E-state index contributed by atoms with van der Waals surface area (Å²) in [5.74, 6) is -0.189. The van der Waals surface area contributed by atoms with Crippen LogP contribution in [-0.2, 0) is 4.74 Å². The number of carbonyl (C=O) groups is 1. The Labute approximate surface area is 98.4 Å². The lowest BCUT2D eigenvalue weighted by Gasteiger charge is -2.07. The summed E-state index contributed by atoms with van der Waals surface area (Å²) in [6, 6.07) is 3.00. The van der Waals surface area contributed by atoms with Gasteiger partial charge in [-0.3, -0.25) is 0 Å². The number of rotatable bonds is 3. The Hall–Kier alpha value is -0.800. The van der Waals surface area contributed by atoms with Crippen LogP contribution in [0.4, 0.5) is 0 Å². The van der Waals surface area contributed by atoms with Crippen molar-refractivity contribution in [1.82, 2.24) is 4.98 Å². The first-order valence-corrected chi connectivity index (χ1v) is 5.25. The van der Waals surface area contributed by atoms with Crippen LogP contribution in [0.5, 0.6) is 0 Å². The Morgan fingerprint density at radius 1 is 1.47 bits per heavy atom. The molecule has 1 heterocycles. The minimum atomic E-state index is -0.474. The van der Waals surface area contributed by atoms with E-state index < -0.39 is 5.97 Å². The molecule has 0 saturated carbocycles. The molecule has 0 aliphatic heterocycles. The molecular weight excluding hydrogens is 237 g/mol. The van der Waals surface area contributed by atoms with Gasteiger partial charge in [0.05, 0.1) is 12.2 Å². The van der Waals surface area contributed by atoms with Gasteiger partial charge in [-0.15, -0.1) is 0 Å². The predicted octanol–water partition coefficient (Wildman–Crippen LogP) is 3.20. The van der Waals surface area contributed by atoms with Crippen molar-refractivity contribution in [1.29, 1.82) is 0 Å². The average molecular weight is 248 g/mol. The van der Waals surface area contributed by atoms with E-state index in [1.165, 1.54) is 12.1 Å². The van der Waals surface area contributed by atoms with Gasteiger partial charge in [-0.05, 0) is 18.1 Å². The number of carbonyl (C=O) groups excluding carboxylic acids is 1. The van der Waals surface area contributed by atoms with E-state index in [9.17, 15) is 4.79 Å². The van der Waals surface area contributed by atoms with Crippen molar-refractivity contribution in [3.8, 4) is 0 Å². The van der Waals surface area contributed by atoms with Crippen molar-refractivity contribution < 1.29 is 9.53 Å². The van der Waals surface area contributed by atoms with Crippen molar-refractivity contribution in [2.24, 2.45) is 5.92 Å². The summed E-state index contributed by atoms with van der Waals surface area (Å²) >= 11 is 11.3. The number of nitrogens with zero attached hydrogens (tertiary/aromatic N) is 1. The maximum atomic E-state index is 11.5. The molecule has 1 rings (SSSR count). The van der Waals surface area contributed by atoms with E-state index in [0.717, 1.165) is 0 Å². The zero-order valence-corrected chi connectivity index (χ0v) is 9.97. The second-order valence-electron chi connectivity index (χ2n) is 3.46. The minimum Gasteiger partial charge on any atom is -0.462 e. The standard InChI is InChI=1S/C10H11Cl2NO2/c1-6(2)5-15-10(14)7-3-4-8(11)13-9(7)12/h3-4,6H,5H2,1-2H3. The van der Waals surface area contributed by atoms with Crippen LogP contribution in [0, 0.1) is 5.92 Å². The summed E-state index contributed by atoms with van der Waals surface area (Å²) in [7, 11) is 0. The Bertz CT molecular complexity index is 366. The Kier molecular flexibility index (Phi) is 4.36. The lowest BCUT2D eigenvalue weighted by molar-refractivity contribution is 0.0458. The fourth-order valence-electron chi connectivity index (χ4n) is 0.884. The number of ether oxygens (including phenoxy) is 1. The smallest absolute Gasteiger partial charge is 0.341 e. The van der Waals surface area contributed by atoms with Crippen LogP contribution in [0.3, 0.4) is 0 Å². The summed E-state index contributed by atoms with van der Waals surface area (Å²) in [6.07, 6.45) is 0. The van der Waals surface area contributed by atoms with Crippen molar-refractivity contribution in [2.75, 3.05) is 6.61 Å². The predicted molar refractivity (Wildman–Crippen MR) is 59.4 cm³/mol. The van der Waals surface area contributed by atoms with E-state index in [-0.39, 0.29) is 21.8 Å². The summed E-state index contributed by atoms with van der Waals surface area (Å²) in [6.45, 7) is 4.27. The van der Waals surface area contributed by atoms with Crippen LogP contribution in [0.15, 0.2) is 12.1 Å². The summed E-state index contributed by atoms with van der Waals surface area (Å²) < 4.78 is 5.00. The molecule has 0 radical (unpaired) electrons. The number of hydrogen-bond donors (Lipinski definition) is 0. The van der Waals surface area contributed by atoms with Gasteiger partial charge in [0.25, 0.3) is 0 Å². The monoisotopic (exact) mass is 247 g/mol. The zero-order chi connectivity index (χ0) is 11.4. The van der Waals surface area contributed by atoms with Crippen LogP contribution >= 0.6 is 23.2 Å². The second-order valence-corrected chi connectivity index (χ2v) is 4.21. The molecule has 1 aromatic rings. The largest absolute Gasteiger partial charge is 0.462 e. The van der Waals surface area contributed by atoms with E-state index >= 15 is 0 Å². The molecule has 0 aliphatic rings. The van der Waals surface area contributed by atoms with Gasteiger partial charge in [0.15, 0.2) is 0 Å². The molecule has 5 heteroatoms. The van der Waals surface area contributed by atoms with E-state index in [2.05, 4.69) is 4.98 Å². The van der Waals surface area contributed by atoms with Crippen molar-refractivity contribution in [2.45, 2.75) is 13.8 Å². The molecule has 0 atom stereocenters. The van der Waals surface area contributed by atoms with Crippen LogP contribution in [0.1, 0.15) is 24.2 Å². The molecule has 0 aliphatic carbocycles. The molecule has 0 aromatic carbocycles. The van der Waals surface area contributed by atoms with E-state index in [1.807, 2.05) is 13.8 Å². The second kappa shape index (κ2) is 5.33. The number of halogens is 2. The average Bonchev–Trinajstić information content (AvgIpc) is 2.14. The fourth-order valence-corrected chi connectivity index (χ4v) is 1.31. The summed E-state index contributed by atoms with van der Waals surface area (Å²) in [5.41, 5.74) is 0.238. The van der Waals surface area contributed by atoms with Gasteiger partial charge in [-0.1, -0.05) is 37.0 Å². The lowest BCUT2D eigenvalue weighted by atomic mass is 10.2. The Morgan fingerprint density at radius 3 is 2.67 bits per heavy atom. The number of esters is 1. The van der Waals surface area contributed by atoms with E-state index in [1.54, 1.807) is 0 Å². The molecule has 0 unspecified atom stereocenters. The topological polar surface area (TPSA) is 39.2 Å². The minimum absolute atomic E-state index is 0.0660. The molecule has 0 fully saturated rings. The van der Waals surface area contributed by atoms with E-state index in [4.69, 9.17) is 27.9 Å². The fraction of sp³-hybridized carbons (Fsp3) is 0.400. The SMILES string of the molecule is CC(C)COC(=O)c1ccc(Cl)nc1Cl. The molecule has 0 bridgehead atoms. The molecule has 82 valence electrons. The molecule has 0 N–H and O–H groups in total. The van der Waals surface area contributed by atoms with Crippen LogP contribution in [0.25, 0.3) is 0 Å². The van der Waals surface area contributed by atoms with Crippen molar-refractivity contribution in [3.63, 3.8) is 0 Å². The first kappa shape index (κ1) is 12.3. The normalized spacial score (nSPS) is 10.5. The van der Waals surface area contributed by atoms with Crippen LogP contribution in [0.2, 0.25) is 10.3 Å². The molecule has 3 nitrogen and oxygen atoms in total. The highest BCUT2D eigenvalue weighted by atomic mass is 35.5. The summed E-state index contributed by atoms with van der Waals surface area (Å²) in [5, 5.41) is 0.316. The highest BCUT2D eigenvalue weighted by molar-refractivity contribution is 6.34. The van der Waals surface area contributed by atoms with Gasteiger partial charge >= 0.3 is 5.97 Å². The van der Waals surface area contributed by atoms with Crippen LogP contribution < -0.4 is 0 Å². The lowest BCUT2D eigenvalue weighted by Crippen LogP contribution is -2.11. The first-order valence-electron chi connectivity index (χ1n) is 4.50. The quantitative estimate of drug-likeness (QED) is 0.609. The highest BCUT2D eigenvalue weighted by Crippen LogP contribution is 2.17. The van der Waals surface area contributed by atoms with Gasteiger partial charge in [-0.2, -0.15) is 0 Å². The number of hydrogen-bond acceptors (Lipinski definition) is 3. The van der Waals surface area contributed by atoms with Crippen LogP contribution in [-0.4, -0.2) is 17.6 Å². The third kappa shape index (κ3) is 3.68. The van der Waals surface area contributed by atoms with Gasteiger partial charge in [0.2, 0.25) is 0 Å². The summed E-state index contributed by atoms with van der Waals surface area (Å²) in [4.78, 5) is 15.2. The Morgan fingerprint density at radius 2 is 2.13 bits per heavy atom. The van der Waals surface area contributed by atoms with Crippen molar-refractivity contribution >= 4 is 29.2 Å².